The van der Waals surface area contributed by atoms with Crippen molar-refractivity contribution in [3.05, 3.63) is 34.2 Å². The first-order chi connectivity index (χ1) is 10.1. The second kappa shape index (κ2) is 6.94. The number of nitrogens with one attached hydrogen (secondary N) is 1. The predicted octanol–water partition coefficient (Wildman–Crippen LogP) is 2.21. The van der Waals surface area contributed by atoms with Gasteiger partial charge in [0.25, 0.3) is 0 Å². The SMILES string of the molecule is CCC1=NCC2=C(C=C(C)N(CCCNC)C2)C(N)=C1C. The van der Waals surface area contributed by atoms with Crippen LogP contribution in [0.25, 0.3) is 0 Å². The zero-order chi connectivity index (χ0) is 15.4. The van der Waals surface area contributed by atoms with Crippen LogP contribution in [0.4, 0.5) is 0 Å². The number of allylic oxidation sites excluding steroid dienone is 3. The Balaban J connectivity index is 2.22. The van der Waals surface area contributed by atoms with Gasteiger partial charge in [-0.05, 0) is 57.5 Å². The van der Waals surface area contributed by atoms with Crippen LogP contribution >= 0.6 is 0 Å². The van der Waals surface area contributed by atoms with Crippen LogP contribution in [0.15, 0.2) is 39.2 Å². The maximum absolute atomic E-state index is 6.40. The molecule has 21 heavy (non-hydrogen) atoms. The Labute approximate surface area is 128 Å². The smallest absolute Gasteiger partial charge is 0.0629 e. The third kappa shape index (κ3) is 3.38. The minimum Gasteiger partial charge on any atom is -0.398 e. The van der Waals surface area contributed by atoms with Gasteiger partial charge in [-0.15, -0.1) is 0 Å². The van der Waals surface area contributed by atoms with E-state index in [0.29, 0.717) is 0 Å². The lowest BCUT2D eigenvalue weighted by atomic mass is 9.96. The van der Waals surface area contributed by atoms with Crippen LogP contribution in [0.3, 0.4) is 0 Å². The van der Waals surface area contributed by atoms with Crippen LogP contribution in [0, 0.1) is 0 Å². The Morgan fingerprint density at radius 1 is 1.38 bits per heavy atom. The number of rotatable bonds is 5. The molecule has 0 aromatic carbocycles. The normalized spacial score (nSPS) is 19.3. The lowest BCUT2D eigenvalue weighted by Gasteiger charge is -2.31. The molecule has 0 spiro atoms. The summed E-state index contributed by atoms with van der Waals surface area (Å²) in [4.78, 5) is 7.20. The van der Waals surface area contributed by atoms with Crippen molar-refractivity contribution >= 4 is 5.71 Å². The van der Waals surface area contributed by atoms with E-state index in [0.717, 1.165) is 56.0 Å². The fourth-order valence-corrected chi connectivity index (χ4v) is 2.99. The first-order valence-electron chi connectivity index (χ1n) is 7.88. The molecule has 3 N–H and O–H groups in total. The summed E-state index contributed by atoms with van der Waals surface area (Å²) < 4.78 is 0. The highest BCUT2D eigenvalue weighted by molar-refractivity contribution is 6.01. The highest BCUT2D eigenvalue weighted by atomic mass is 15.1. The van der Waals surface area contributed by atoms with E-state index >= 15 is 0 Å². The molecule has 4 heteroatoms. The molecule has 4 nitrogen and oxygen atoms in total. The second-order valence-corrected chi connectivity index (χ2v) is 5.84. The minimum atomic E-state index is 0.781. The monoisotopic (exact) mass is 288 g/mol. The molecule has 0 aromatic heterocycles. The van der Waals surface area contributed by atoms with Gasteiger partial charge >= 0.3 is 0 Å². The van der Waals surface area contributed by atoms with Crippen LogP contribution < -0.4 is 11.1 Å². The summed E-state index contributed by atoms with van der Waals surface area (Å²) in [6, 6.07) is 0. The molecule has 0 amide bonds. The molecule has 2 rings (SSSR count). The van der Waals surface area contributed by atoms with Crippen molar-refractivity contribution in [2.75, 3.05) is 33.2 Å². The number of hydrogen-bond donors (Lipinski definition) is 2. The van der Waals surface area contributed by atoms with Crippen molar-refractivity contribution in [1.29, 1.82) is 0 Å². The Hall–Kier alpha value is -1.55. The predicted molar refractivity (Wildman–Crippen MR) is 90.4 cm³/mol. The highest BCUT2D eigenvalue weighted by Gasteiger charge is 2.22. The van der Waals surface area contributed by atoms with Gasteiger partial charge in [0.15, 0.2) is 0 Å². The van der Waals surface area contributed by atoms with E-state index in [9.17, 15) is 0 Å². The number of nitrogens with zero attached hydrogens (tertiary/aromatic N) is 2. The average Bonchev–Trinajstić information content (AvgIpc) is 2.59. The Morgan fingerprint density at radius 3 is 2.81 bits per heavy atom. The summed E-state index contributed by atoms with van der Waals surface area (Å²) in [5, 5.41) is 3.21. The summed E-state index contributed by atoms with van der Waals surface area (Å²) in [5.41, 5.74) is 13.5. The van der Waals surface area contributed by atoms with Crippen molar-refractivity contribution in [3.8, 4) is 0 Å². The lowest BCUT2D eigenvalue weighted by Crippen LogP contribution is -2.31. The molecule has 0 unspecified atom stereocenters. The Kier molecular flexibility index (Phi) is 5.23. The number of aliphatic imine (C=N–C) groups is 1. The number of nitrogens with two attached hydrogens (primary N) is 1. The van der Waals surface area contributed by atoms with Gasteiger partial charge in [0.1, 0.15) is 0 Å². The molecule has 0 aliphatic carbocycles. The van der Waals surface area contributed by atoms with Gasteiger partial charge < -0.3 is 16.0 Å². The van der Waals surface area contributed by atoms with E-state index in [1.54, 1.807) is 0 Å². The fraction of sp³-hybridized carbons (Fsp3) is 0.588. The van der Waals surface area contributed by atoms with E-state index in [1.165, 1.54) is 16.8 Å². The topological polar surface area (TPSA) is 53.6 Å². The van der Waals surface area contributed by atoms with Crippen LogP contribution in [0.1, 0.15) is 33.6 Å². The molecular formula is C17H28N4. The molecule has 2 aliphatic heterocycles. The van der Waals surface area contributed by atoms with E-state index in [2.05, 4.69) is 37.1 Å². The van der Waals surface area contributed by atoms with E-state index in [-0.39, 0.29) is 0 Å². The molecule has 0 saturated carbocycles. The molecular weight excluding hydrogens is 260 g/mol. The molecule has 2 heterocycles. The molecule has 0 radical (unpaired) electrons. The van der Waals surface area contributed by atoms with Crippen molar-refractivity contribution in [1.82, 2.24) is 10.2 Å². The van der Waals surface area contributed by atoms with Crippen molar-refractivity contribution in [3.63, 3.8) is 0 Å². The Morgan fingerprint density at radius 2 is 2.14 bits per heavy atom. The zero-order valence-corrected chi connectivity index (χ0v) is 13.8. The van der Waals surface area contributed by atoms with Gasteiger partial charge in [0, 0.05) is 35.8 Å². The minimum absolute atomic E-state index is 0.781. The van der Waals surface area contributed by atoms with Crippen LogP contribution in [-0.2, 0) is 0 Å². The lowest BCUT2D eigenvalue weighted by molar-refractivity contribution is 0.357. The van der Waals surface area contributed by atoms with Crippen LogP contribution in [0.5, 0.6) is 0 Å². The zero-order valence-electron chi connectivity index (χ0n) is 13.8. The van der Waals surface area contributed by atoms with E-state index in [4.69, 9.17) is 10.7 Å². The summed E-state index contributed by atoms with van der Waals surface area (Å²) >= 11 is 0. The van der Waals surface area contributed by atoms with Crippen LogP contribution in [0.2, 0.25) is 0 Å². The molecule has 0 bridgehead atoms. The maximum Gasteiger partial charge on any atom is 0.0629 e. The standard InChI is InChI=1S/C17H28N4/c1-5-16-13(3)17(18)15-9-12(2)21(8-6-7-19-4)11-14(15)10-20-16/h9,19H,5-8,10-11,18H2,1-4H3. The van der Waals surface area contributed by atoms with Gasteiger partial charge in [-0.25, -0.2) is 0 Å². The fourth-order valence-electron chi connectivity index (χ4n) is 2.99. The van der Waals surface area contributed by atoms with E-state index in [1.807, 2.05) is 7.05 Å². The third-order valence-electron chi connectivity index (χ3n) is 4.39. The van der Waals surface area contributed by atoms with Gasteiger partial charge in [-0.1, -0.05) is 6.92 Å². The van der Waals surface area contributed by atoms with Gasteiger partial charge in [-0.2, -0.15) is 0 Å². The molecule has 2 aliphatic rings. The molecule has 0 aromatic rings. The summed E-state index contributed by atoms with van der Waals surface area (Å²) in [7, 11) is 2.00. The molecule has 0 atom stereocenters. The maximum atomic E-state index is 6.40. The van der Waals surface area contributed by atoms with E-state index < -0.39 is 0 Å². The van der Waals surface area contributed by atoms with Crippen LogP contribution in [-0.4, -0.2) is 43.8 Å². The third-order valence-corrected chi connectivity index (χ3v) is 4.39. The van der Waals surface area contributed by atoms with Crippen molar-refractivity contribution in [2.24, 2.45) is 10.7 Å². The Bertz CT molecular complexity index is 523. The molecule has 0 fully saturated rings. The summed E-state index contributed by atoms with van der Waals surface area (Å²) in [6.07, 6.45) is 4.34. The average molecular weight is 288 g/mol. The molecule has 0 saturated heterocycles. The first kappa shape index (κ1) is 15.8. The van der Waals surface area contributed by atoms with Crippen molar-refractivity contribution in [2.45, 2.75) is 33.6 Å². The highest BCUT2D eigenvalue weighted by Crippen LogP contribution is 2.28. The largest absolute Gasteiger partial charge is 0.398 e. The van der Waals surface area contributed by atoms with Gasteiger partial charge in [-0.3, -0.25) is 4.99 Å². The summed E-state index contributed by atoms with van der Waals surface area (Å²) in [5.74, 6) is 0. The molecule has 116 valence electrons. The first-order valence-corrected chi connectivity index (χ1v) is 7.88. The number of hydrogen-bond acceptors (Lipinski definition) is 4. The second-order valence-electron chi connectivity index (χ2n) is 5.84. The van der Waals surface area contributed by atoms with Gasteiger partial charge in [0.05, 0.1) is 6.54 Å². The summed E-state index contributed by atoms with van der Waals surface area (Å²) in [6.45, 7) is 10.3. The van der Waals surface area contributed by atoms with Gasteiger partial charge in [0.2, 0.25) is 0 Å². The quantitative estimate of drug-likeness (QED) is 0.763. The van der Waals surface area contributed by atoms with Crippen molar-refractivity contribution < 1.29 is 0 Å².